The number of carbonyl (C=O) groups excluding carboxylic acids is 1. The Hall–Kier alpha value is -1.78. The van der Waals surface area contributed by atoms with Crippen LogP contribution in [-0.4, -0.2) is 22.0 Å². The van der Waals surface area contributed by atoms with E-state index in [1.165, 1.54) is 6.92 Å². The number of aliphatic carboxylic acids is 1. The van der Waals surface area contributed by atoms with Crippen molar-refractivity contribution < 1.29 is 14.7 Å². The highest BCUT2D eigenvalue weighted by Crippen LogP contribution is 2.04. The van der Waals surface area contributed by atoms with Crippen LogP contribution in [0.2, 0.25) is 0 Å². The Kier molecular flexibility index (Phi) is 2.69. The second-order valence-electron chi connectivity index (χ2n) is 2.63. The summed E-state index contributed by atoms with van der Waals surface area (Å²) in [7, 11) is 0. The number of nitrogens with one attached hydrogen (secondary N) is 2. The predicted octanol–water partition coefficient (Wildman–Crippen LogP) is 0.674. The van der Waals surface area contributed by atoms with Crippen LogP contribution in [0.1, 0.15) is 6.92 Å². The van der Waals surface area contributed by atoms with Crippen LogP contribution < -0.4 is 5.32 Å². The van der Waals surface area contributed by atoms with Crippen molar-refractivity contribution in [3.8, 4) is 0 Å². The molecule has 0 aromatic carbocycles. The molecule has 0 fully saturated rings. The van der Waals surface area contributed by atoms with Crippen LogP contribution in [0.4, 0.5) is 5.82 Å². The van der Waals surface area contributed by atoms with Crippen LogP contribution in [-0.2, 0) is 9.59 Å². The first kappa shape index (κ1) is 9.31. The average Bonchev–Trinajstić information content (AvgIpc) is 2.55. The van der Waals surface area contributed by atoms with E-state index in [1.807, 2.05) is 0 Å². The van der Waals surface area contributed by atoms with Crippen LogP contribution in [0.5, 0.6) is 0 Å². The van der Waals surface area contributed by atoms with E-state index in [4.69, 9.17) is 5.11 Å². The van der Waals surface area contributed by atoms with Gasteiger partial charge in [0.25, 0.3) is 0 Å². The molecule has 5 nitrogen and oxygen atoms in total. The molecule has 1 heterocycles. The van der Waals surface area contributed by atoms with Gasteiger partial charge in [0.05, 0.1) is 0 Å². The average molecular weight is 182 g/mol. The fourth-order valence-electron chi connectivity index (χ4n) is 0.761. The molecule has 0 saturated carbocycles. The van der Waals surface area contributed by atoms with Gasteiger partial charge in [-0.3, -0.25) is 9.59 Å². The lowest BCUT2D eigenvalue weighted by Gasteiger charge is -2.05. The fourth-order valence-corrected chi connectivity index (χ4v) is 0.761. The third-order valence-corrected chi connectivity index (χ3v) is 1.62. The van der Waals surface area contributed by atoms with Crippen molar-refractivity contribution in [1.82, 2.24) is 4.98 Å². The Labute approximate surface area is 74.8 Å². The molecular weight excluding hydrogens is 172 g/mol. The Bertz CT molecular complexity index is 305. The van der Waals surface area contributed by atoms with E-state index in [0.29, 0.717) is 5.82 Å². The minimum Gasteiger partial charge on any atom is -0.481 e. The molecule has 0 radical (unpaired) electrons. The number of aromatic nitrogens is 1. The van der Waals surface area contributed by atoms with Gasteiger partial charge in [0.1, 0.15) is 11.7 Å². The van der Waals surface area contributed by atoms with Crippen LogP contribution in [0.25, 0.3) is 0 Å². The summed E-state index contributed by atoms with van der Waals surface area (Å²) >= 11 is 0. The number of carboxylic acids is 1. The summed E-state index contributed by atoms with van der Waals surface area (Å²) in [5.41, 5.74) is 0. The molecule has 70 valence electrons. The van der Waals surface area contributed by atoms with Gasteiger partial charge in [-0.1, -0.05) is 0 Å². The maximum Gasteiger partial charge on any atom is 0.315 e. The lowest BCUT2D eigenvalue weighted by Crippen LogP contribution is -2.26. The molecule has 1 unspecified atom stereocenters. The highest BCUT2D eigenvalue weighted by molar-refractivity contribution is 6.03. The van der Waals surface area contributed by atoms with Gasteiger partial charge in [0.15, 0.2) is 0 Å². The first-order valence-corrected chi connectivity index (χ1v) is 3.78. The molecule has 13 heavy (non-hydrogen) atoms. The second-order valence-corrected chi connectivity index (χ2v) is 2.63. The molecular formula is C8H10N2O3. The minimum atomic E-state index is -1.14. The number of carbonyl (C=O) groups is 2. The van der Waals surface area contributed by atoms with Gasteiger partial charge in [-0.05, 0) is 19.1 Å². The normalized spacial score (nSPS) is 12.1. The first-order chi connectivity index (χ1) is 6.11. The molecule has 1 amide bonds. The van der Waals surface area contributed by atoms with E-state index >= 15 is 0 Å². The van der Waals surface area contributed by atoms with Gasteiger partial charge in [-0.25, -0.2) is 0 Å². The van der Waals surface area contributed by atoms with Gasteiger partial charge < -0.3 is 15.4 Å². The smallest absolute Gasteiger partial charge is 0.315 e. The van der Waals surface area contributed by atoms with E-state index in [2.05, 4.69) is 10.3 Å². The van der Waals surface area contributed by atoms with Crippen LogP contribution >= 0.6 is 0 Å². The number of hydrogen-bond acceptors (Lipinski definition) is 2. The zero-order valence-corrected chi connectivity index (χ0v) is 7.07. The van der Waals surface area contributed by atoms with Gasteiger partial charge in [-0.2, -0.15) is 0 Å². The maximum absolute atomic E-state index is 11.1. The molecule has 3 N–H and O–H groups in total. The number of carboxylic acid groups (broad SMARTS) is 1. The van der Waals surface area contributed by atoms with Crippen molar-refractivity contribution in [1.29, 1.82) is 0 Å². The number of aromatic amines is 1. The van der Waals surface area contributed by atoms with E-state index in [0.717, 1.165) is 0 Å². The summed E-state index contributed by atoms with van der Waals surface area (Å²) in [5.74, 6) is -2.21. The molecule has 1 aromatic rings. The molecule has 0 aliphatic carbocycles. The van der Waals surface area contributed by atoms with Crippen LogP contribution in [0.3, 0.4) is 0 Å². The number of anilines is 1. The molecule has 1 atom stereocenters. The second kappa shape index (κ2) is 3.75. The standard InChI is InChI=1S/C8H10N2O3/c1-5(8(12)13)7(11)10-6-3-2-4-9-6/h2-5,9H,1H3,(H,10,11)(H,12,13). The van der Waals surface area contributed by atoms with E-state index in [9.17, 15) is 9.59 Å². The van der Waals surface area contributed by atoms with Crippen molar-refractivity contribution in [2.24, 2.45) is 5.92 Å². The van der Waals surface area contributed by atoms with E-state index < -0.39 is 17.8 Å². The number of hydrogen-bond donors (Lipinski definition) is 3. The van der Waals surface area contributed by atoms with Crippen LogP contribution in [0.15, 0.2) is 18.3 Å². The lowest BCUT2D eigenvalue weighted by molar-refractivity contribution is -0.144. The van der Waals surface area contributed by atoms with E-state index in [-0.39, 0.29) is 0 Å². The van der Waals surface area contributed by atoms with Crippen LogP contribution in [0, 0.1) is 5.92 Å². The molecule has 1 rings (SSSR count). The van der Waals surface area contributed by atoms with Crippen molar-refractivity contribution in [2.75, 3.05) is 5.32 Å². The molecule has 0 aliphatic heterocycles. The summed E-state index contributed by atoms with van der Waals surface area (Å²) in [6, 6.07) is 3.35. The summed E-state index contributed by atoms with van der Waals surface area (Å²) in [5, 5.41) is 10.9. The third kappa shape index (κ3) is 2.33. The Morgan fingerprint density at radius 3 is 2.77 bits per heavy atom. The summed E-state index contributed by atoms with van der Waals surface area (Å²) in [4.78, 5) is 24.3. The van der Waals surface area contributed by atoms with Crippen molar-refractivity contribution in [2.45, 2.75) is 6.92 Å². The molecule has 0 bridgehead atoms. The summed E-state index contributed by atoms with van der Waals surface area (Å²) in [6.07, 6.45) is 1.64. The topological polar surface area (TPSA) is 82.2 Å². The monoisotopic (exact) mass is 182 g/mol. The zero-order chi connectivity index (χ0) is 9.84. The van der Waals surface area contributed by atoms with Gasteiger partial charge in [0, 0.05) is 6.20 Å². The molecule has 0 saturated heterocycles. The summed E-state index contributed by atoms with van der Waals surface area (Å²) < 4.78 is 0. The van der Waals surface area contributed by atoms with Crippen molar-refractivity contribution in [3.63, 3.8) is 0 Å². The predicted molar refractivity (Wildman–Crippen MR) is 46.2 cm³/mol. The summed E-state index contributed by atoms with van der Waals surface area (Å²) in [6.45, 7) is 1.33. The maximum atomic E-state index is 11.1. The molecule has 1 aromatic heterocycles. The van der Waals surface area contributed by atoms with Gasteiger partial charge in [-0.15, -0.1) is 0 Å². The Morgan fingerprint density at radius 2 is 2.31 bits per heavy atom. The first-order valence-electron chi connectivity index (χ1n) is 3.78. The Balaban J connectivity index is 2.56. The number of H-pyrrole nitrogens is 1. The Morgan fingerprint density at radius 1 is 1.62 bits per heavy atom. The molecule has 0 aliphatic rings. The van der Waals surface area contributed by atoms with Gasteiger partial charge >= 0.3 is 5.97 Å². The largest absolute Gasteiger partial charge is 0.481 e. The highest BCUT2D eigenvalue weighted by Gasteiger charge is 2.20. The molecule has 5 heteroatoms. The SMILES string of the molecule is CC(C(=O)O)C(=O)Nc1ccc[nH]1. The fraction of sp³-hybridized carbons (Fsp3) is 0.250. The number of rotatable bonds is 3. The minimum absolute atomic E-state index is 0.498. The molecule has 0 spiro atoms. The number of amides is 1. The zero-order valence-electron chi connectivity index (χ0n) is 7.07. The van der Waals surface area contributed by atoms with Gasteiger partial charge in [0.2, 0.25) is 5.91 Å². The van der Waals surface area contributed by atoms with Crippen molar-refractivity contribution >= 4 is 17.7 Å². The third-order valence-electron chi connectivity index (χ3n) is 1.62. The lowest BCUT2D eigenvalue weighted by atomic mass is 10.2. The van der Waals surface area contributed by atoms with Crippen molar-refractivity contribution in [3.05, 3.63) is 18.3 Å². The van der Waals surface area contributed by atoms with E-state index in [1.54, 1.807) is 18.3 Å². The highest BCUT2D eigenvalue weighted by atomic mass is 16.4. The quantitative estimate of drug-likeness (QED) is 0.601.